The molecule has 6 nitrogen and oxygen atoms in total. The summed E-state index contributed by atoms with van der Waals surface area (Å²) >= 11 is 7.67. The van der Waals surface area contributed by atoms with Crippen molar-refractivity contribution in [2.24, 2.45) is 0 Å². The average molecular weight is 442 g/mol. The van der Waals surface area contributed by atoms with Crippen molar-refractivity contribution in [1.82, 2.24) is 24.1 Å². The highest BCUT2D eigenvalue weighted by atomic mass is 35.5. The number of rotatable bonds is 9. The molecule has 0 aliphatic rings. The minimum absolute atomic E-state index is 0.628. The fourth-order valence-corrected chi connectivity index (χ4v) is 4.44. The zero-order valence-electron chi connectivity index (χ0n) is 17.1. The van der Waals surface area contributed by atoms with Gasteiger partial charge in [-0.1, -0.05) is 29.4 Å². The van der Waals surface area contributed by atoms with Crippen molar-refractivity contribution in [2.75, 3.05) is 6.61 Å². The lowest BCUT2D eigenvalue weighted by atomic mass is 10.2. The lowest BCUT2D eigenvalue weighted by Crippen LogP contribution is -2.06. The molecule has 0 unspecified atom stereocenters. The Morgan fingerprint density at radius 3 is 2.87 bits per heavy atom. The van der Waals surface area contributed by atoms with Crippen molar-refractivity contribution >= 4 is 29.0 Å². The van der Waals surface area contributed by atoms with E-state index in [2.05, 4.69) is 32.9 Å². The Bertz CT molecular complexity index is 1110. The van der Waals surface area contributed by atoms with Crippen LogP contribution in [0.3, 0.4) is 0 Å². The van der Waals surface area contributed by atoms with E-state index in [0.717, 1.165) is 63.8 Å². The molecular formula is C22H24ClN5OS. The zero-order chi connectivity index (χ0) is 20.9. The van der Waals surface area contributed by atoms with Crippen molar-refractivity contribution in [1.29, 1.82) is 0 Å². The second-order valence-electron chi connectivity index (χ2n) is 6.99. The molecular weight excluding hydrogens is 418 g/mol. The molecule has 0 saturated carbocycles. The summed E-state index contributed by atoms with van der Waals surface area (Å²) in [4.78, 5) is 4.65. The van der Waals surface area contributed by atoms with Gasteiger partial charge in [0.15, 0.2) is 5.16 Å². The molecule has 3 heterocycles. The van der Waals surface area contributed by atoms with Gasteiger partial charge in [-0.15, -0.1) is 10.2 Å². The molecule has 0 fully saturated rings. The summed E-state index contributed by atoms with van der Waals surface area (Å²) < 4.78 is 10.1. The van der Waals surface area contributed by atoms with Gasteiger partial charge in [-0.3, -0.25) is 0 Å². The summed E-state index contributed by atoms with van der Waals surface area (Å²) in [5.41, 5.74) is 3.04. The Morgan fingerprint density at radius 1 is 1.17 bits per heavy atom. The third-order valence-electron chi connectivity index (χ3n) is 4.81. The van der Waals surface area contributed by atoms with Crippen LogP contribution in [0.4, 0.5) is 0 Å². The van der Waals surface area contributed by atoms with E-state index in [1.165, 1.54) is 0 Å². The number of nitrogens with zero attached hydrogens (tertiary/aromatic N) is 5. The number of ether oxygens (including phenoxy) is 1. The van der Waals surface area contributed by atoms with E-state index >= 15 is 0 Å². The number of benzene rings is 1. The number of halogens is 1. The van der Waals surface area contributed by atoms with Gasteiger partial charge in [-0.25, -0.2) is 4.98 Å². The summed E-state index contributed by atoms with van der Waals surface area (Å²) in [6.07, 6.45) is 5.77. The quantitative estimate of drug-likeness (QED) is 0.263. The summed E-state index contributed by atoms with van der Waals surface area (Å²) in [5.74, 6) is 2.63. The summed E-state index contributed by atoms with van der Waals surface area (Å²) in [7, 11) is 0. The van der Waals surface area contributed by atoms with Crippen LogP contribution < -0.4 is 4.74 Å². The fraction of sp³-hybridized carbons (Fsp3) is 0.318. The van der Waals surface area contributed by atoms with Crippen molar-refractivity contribution in [3.05, 3.63) is 70.9 Å². The largest absolute Gasteiger partial charge is 0.493 e. The van der Waals surface area contributed by atoms with Crippen molar-refractivity contribution in [3.63, 3.8) is 0 Å². The first kappa shape index (κ1) is 20.8. The Kier molecular flexibility index (Phi) is 6.59. The van der Waals surface area contributed by atoms with Crippen LogP contribution in [0.15, 0.2) is 53.9 Å². The van der Waals surface area contributed by atoms with Gasteiger partial charge < -0.3 is 13.7 Å². The van der Waals surface area contributed by atoms with Gasteiger partial charge in [0.1, 0.15) is 17.2 Å². The van der Waals surface area contributed by atoms with Gasteiger partial charge in [0.2, 0.25) is 0 Å². The van der Waals surface area contributed by atoms with Crippen molar-refractivity contribution in [3.8, 4) is 5.75 Å². The number of hydrogen-bond donors (Lipinski definition) is 0. The molecule has 0 aliphatic heterocycles. The van der Waals surface area contributed by atoms with Gasteiger partial charge in [0.05, 0.1) is 12.3 Å². The summed E-state index contributed by atoms with van der Waals surface area (Å²) in [6.45, 7) is 5.59. The van der Waals surface area contributed by atoms with E-state index in [9.17, 15) is 0 Å². The van der Waals surface area contributed by atoms with Crippen LogP contribution >= 0.6 is 23.4 Å². The molecule has 4 aromatic rings. The molecule has 0 amide bonds. The first-order chi connectivity index (χ1) is 14.6. The molecule has 0 N–H and O–H groups in total. The maximum absolute atomic E-state index is 6.00. The van der Waals surface area contributed by atoms with E-state index in [1.54, 1.807) is 11.8 Å². The molecule has 30 heavy (non-hydrogen) atoms. The fourth-order valence-electron chi connectivity index (χ4n) is 3.31. The van der Waals surface area contributed by atoms with Crippen LogP contribution in [0.25, 0.3) is 5.65 Å². The summed E-state index contributed by atoms with van der Waals surface area (Å²) in [6, 6.07) is 11.7. The number of aryl methyl sites for hydroxylation is 2. The van der Waals surface area contributed by atoms with Crippen LogP contribution in [0, 0.1) is 6.92 Å². The number of aromatic nitrogens is 5. The first-order valence-corrected chi connectivity index (χ1v) is 11.4. The Labute approximate surface area is 185 Å². The Balaban J connectivity index is 1.32. The minimum Gasteiger partial charge on any atom is -0.493 e. The number of pyridine rings is 1. The second kappa shape index (κ2) is 9.53. The lowest BCUT2D eigenvalue weighted by molar-refractivity contribution is 0.307. The minimum atomic E-state index is 0.628. The molecule has 1 aromatic carbocycles. The van der Waals surface area contributed by atoms with Gasteiger partial charge in [0, 0.05) is 36.1 Å². The smallest absolute Gasteiger partial charge is 0.191 e. The average Bonchev–Trinajstić information content (AvgIpc) is 3.33. The lowest BCUT2D eigenvalue weighted by Gasteiger charge is -2.10. The highest BCUT2D eigenvalue weighted by Gasteiger charge is 2.12. The topological polar surface area (TPSA) is 57.2 Å². The van der Waals surface area contributed by atoms with Gasteiger partial charge in [0.25, 0.3) is 0 Å². The molecule has 0 spiro atoms. The molecule has 156 valence electrons. The second-order valence-corrected chi connectivity index (χ2v) is 8.37. The van der Waals surface area contributed by atoms with E-state index < -0.39 is 0 Å². The summed E-state index contributed by atoms with van der Waals surface area (Å²) in [5, 5.41) is 10.5. The van der Waals surface area contributed by atoms with Crippen LogP contribution in [0.1, 0.15) is 30.4 Å². The Morgan fingerprint density at radius 2 is 2.07 bits per heavy atom. The van der Waals surface area contributed by atoms with E-state index in [4.69, 9.17) is 16.3 Å². The van der Waals surface area contributed by atoms with Crippen LogP contribution in [0.2, 0.25) is 5.02 Å². The van der Waals surface area contributed by atoms with E-state index in [-0.39, 0.29) is 0 Å². The predicted octanol–water partition coefficient (Wildman–Crippen LogP) is 5.21. The molecule has 0 aliphatic carbocycles. The molecule has 8 heteroatoms. The highest BCUT2D eigenvalue weighted by Crippen LogP contribution is 2.24. The number of hydrogen-bond acceptors (Lipinski definition) is 5. The first-order valence-electron chi connectivity index (χ1n) is 10.0. The van der Waals surface area contributed by atoms with E-state index in [1.807, 2.05) is 53.9 Å². The Hall–Kier alpha value is -2.51. The molecule has 3 aromatic heterocycles. The maximum atomic E-state index is 6.00. The molecule has 0 radical (unpaired) electrons. The van der Waals surface area contributed by atoms with Gasteiger partial charge >= 0.3 is 0 Å². The van der Waals surface area contributed by atoms with Gasteiger partial charge in [-0.05, 0) is 56.2 Å². The third kappa shape index (κ3) is 4.79. The monoisotopic (exact) mass is 441 g/mol. The highest BCUT2D eigenvalue weighted by molar-refractivity contribution is 7.98. The predicted molar refractivity (Wildman–Crippen MR) is 120 cm³/mol. The third-order valence-corrected chi connectivity index (χ3v) is 6.05. The standard InChI is InChI=1S/C22H24ClN5OS/c1-3-28-21(8-6-12-29-19-10-9-17(23)13-16(19)2)25-26-22(28)30-15-18-14-27-11-5-4-7-20(27)24-18/h4-5,7,9-11,13-14H,3,6,8,12,15H2,1-2H3. The van der Waals surface area contributed by atoms with Crippen LogP contribution in [-0.2, 0) is 18.7 Å². The molecule has 0 atom stereocenters. The van der Waals surface area contributed by atoms with Crippen LogP contribution in [-0.4, -0.2) is 30.8 Å². The maximum Gasteiger partial charge on any atom is 0.191 e. The molecule has 4 rings (SSSR count). The number of imidazole rings is 1. The molecule has 0 saturated heterocycles. The molecule has 0 bridgehead atoms. The van der Waals surface area contributed by atoms with Gasteiger partial charge in [-0.2, -0.15) is 0 Å². The number of thioether (sulfide) groups is 1. The SMILES string of the molecule is CCn1c(CCCOc2ccc(Cl)cc2C)nnc1SCc1cn2ccccc2n1. The van der Waals surface area contributed by atoms with Crippen LogP contribution in [0.5, 0.6) is 5.75 Å². The van der Waals surface area contributed by atoms with E-state index in [0.29, 0.717) is 6.61 Å². The van der Waals surface area contributed by atoms with Crippen molar-refractivity contribution < 1.29 is 4.74 Å². The zero-order valence-corrected chi connectivity index (χ0v) is 18.7. The number of fused-ring (bicyclic) bond motifs is 1. The van der Waals surface area contributed by atoms with Crippen molar-refractivity contribution in [2.45, 2.75) is 44.1 Å². The normalized spacial score (nSPS) is 11.3.